The first-order valence-corrected chi connectivity index (χ1v) is 9.84. The molecule has 2 aromatic carbocycles. The van der Waals surface area contributed by atoms with Crippen LogP contribution in [0, 0.1) is 6.92 Å². The van der Waals surface area contributed by atoms with Crippen LogP contribution in [0.25, 0.3) is 0 Å². The smallest absolute Gasteiger partial charge is 0.267 e. The van der Waals surface area contributed by atoms with E-state index in [0.717, 1.165) is 27.1 Å². The number of carbonyl (C=O) groups is 1. The minimum Gasteiger partial charge on any atom is -0.321 e. The van der Waals surface area contributed by atoms with Crippen LogP contribution in [0.1, 0.15) is 15.4 Å². The van der Waals surface area contributed by atoms with E-state index < -0.39 is 0 Å². The van der Waals surface area contributed by atoms with Crippen LogP contribution in [-0.4, -0.2) is 24.2 Å². The van der Waals surface area contributed by atoms with Crippen LogP contribution in [0.4, 0.5) is 16.5 Å². The summed E-state index contributed by atoms with van der Waals surface area (Å²) in [5.74, 6) is -0.124. The van der Waals surface area contributed by atoms with Gasteiger partial charge in [-0.15, -0.1) is 11.8 Å². The highest BCUT2D eigenvalue weighted by Crippen LogP contribution is 2.31. The van der Waals surface area contributed by atoms with E-state index in [9.17, 15) is 4.79 Å². The van der Waals surface area contributed by atoms with Crippen LogP contribution in [0.2, 0.25) is 0 Å². The first-order valence-electron chi connectivity index (χ1n) is 7.80. The van der Waals surface area contributed by atoms with Crippen molar-refractivity contribution in [2.45, 2.75) is 11.8 Å². The van der Waals surface area contributed by atoms with Crippen molar-refractivity contribution in [3.05, 3.63) is 65.2 Å². The van der Waals surface area contributed by atoms with Gasteiger partial charge in [0.15, 0.2) is 5.13 Å². The third kappa shape index (κ3) is 4.03. The van der Waals surface area contributed by atoms with E-state index >= 15 is 0 Å². The molecule has 0 aliphatic heterocycles. The predicted octanol–water partition coefficient (Wildman–Crippen LogP) is 5.19. The van der Waals surface area contributed by atoms with Gasteiger partial charge in [0.1, 0.15) is 4.88 Å². The summed E-state index contributed by atoms with van der Waals surface area (Å²) >= 11 is 3.04. The Bertz CT molecular complexity index is 877. The lowest BCUT2D eigenvalue weighted by Gasteiger charge is -2.15. The Morgan fingerprint density at radius 3 is 2.64 bits per heavy atom. The molecule has 128 valence electrons. The zero-order valence-electron chi connectivity index (χ0n) is 14.3. The molecule has 0 aliphatic rings. The summed E-state index contributed by atoms with van der Waals surface area (Å²) in [6, 6.07) is 17.8. The molecule has 0 radical (unpaired) electrons. The van der Waals surface area contributed by atoms with Gasteiger partial charge in [0.05, 0.1) is 5.69 Å². The minimum atomic E-state index is -0.124. The molecule has 0 fully saturated rings. The number of thiazole rings is 1. The average Bonchev–Trinajstić information content (AvgIpc) is 3.04. The molecular formula is C19H19N3OS2. The number of para-hydroxylation sites is 1. The maximum Gasteiger partial charge on any atom is 0.267 e. The Labute approximate surface area is 155 Å². The number of nitrogens with one attached hydrogen (secondary N) is 1. The zero-order chi connectivity index (χ0) is 17.8. The van der Waals surface area contributed by atoms with Gasteiger partial charge in [-0.2, -0.15) is 0 Å². The Hall–Kier alpha value is -2.31. The highest BCUT2D eigenvalue weighted by Gasteiger charge is 2.18. The summed E-state index contributed by atoms with van der Waals surface area (Å²) in [5.41, 5.74) is 2.57. The highest BCUT2D eigenvalue weighted by atomic mass is 32.2. The number of aryl methyl sites for hydroxylation is 1. The number of rotatable bonds is 5. The molecule has 4 nitrogen and oxygen atoms in total. The van der Waals surface area contributed by atoms with Gasteiger partial charge in [-0.3, -0.25) is 4.79 Å². The third-order valence-corrected chi connectivity index (χ3v) is 5.71. The number of carbonyl (C=O) groups excluding carboxylic acids is 1. The van der Waals surface area contributed by atoms with E-state index in [-0.39, 0.29) is 5.91 Å². The normalized spacial score (nSPS) is 10.5. The number of thioether (sulfide) groups is 1. The second-order valence-corrected chi connectivity index (χ2v) is 7.35. The minimum absolute atomic E-state index is 0.124. The third-order valence-electron chi connectivity index (χ3n) is 3.75. The van der Waals surface area contributed by atoms with E-state index in [1.807, 2.05) is 79.7 Å². The van der Waals surface area contributed by atoms with E-state index in [0.29, 0.717) is 4.88 Å². The highest BCUT2D eigenvalue weighted by molar-refractivity contribution is 7.98. The summed E-state index contributed by atoms with van der Waals surface area (Å²) in [5, 5.41) is 3.76. The molecule has 0 saturated carbocycles. The lowest BCUT2D eigenvalue weighted by atomic mass is 10.3. The Morgan fingerprint density at radius 2 is 1.92 bits per heavy atom. The number of benzene rings is 2. The fraction of sp³-hybridized carbons (Fsp3) is 0.158. The number of nitrogens with zero attached hydrogens (tertiary/aromatic N) is 2. The predicted molar refractivity (Wildman–Crippen MR) is 108 cm³/mol. The van der Waals surface area contributed by atoms with Crippen molar-refractivity contribution in [1.82, 2.24) is 4.98 Å². The van der Waals surface area contributed by atoms with Gasteiger partial charge >= 0.3 is 0 Å². The van der Waals surface area contributed by atoms with E-state index in [2.05, 4.69) is 10.3 Å². The number of anilines is 3. The summed E-state index contributed by atoms with van der Waals surface area (Å²) in [4.78, 5) is 20.9. The van der Waals surface area contributed by atoms with Crippen molar-refractivity contribution in [1.29, 1.82) is 0 Å². The van der Waals surface area contributed by atoms with Crippen LogP contribution in [0.15, 0.2) is 59.5 Å². The summed E-state index contributed by atoms with van der Waals surface area (Å²) in [6.45, 7) is 1.87. The first kappa shape index (κ1) is 17.5. The molecular weight excluding hydrogens is 350 g/mol. The lowest BCUT2D eigenvalue weighted by molar-refractivity contribution is 0.103. The molecule has 1 amide bonds. The van der Waals surface area contributed by atoms with Crippen molar-refractivity contribution in [2.75, 3.05) is 23.5 Å². The molecule has 3 aromatic rings. The van der Waals surface area contributed by atoms with Gasteiger partial charge in [-0.1, -0.05) is 35.6 Å². The summed E-state index contributed by atoms with van der Waals surface area (Å²) in [7, 11) is 1.96. The van der Waals surface area contributed by atoms with Crippen molar-refractivity contribution in [2.24, 2.45) is 0 Å². The van der Waals surface area contributed by atoms with Crippen LogP contribution in [-0.2, 0) is 0 Å². The second-order valence-electron chi connectivity index (χ2n) is 5.49. The van der Waals surface area contributed by atoms with Crippen LogP contribution >= 0.6 is 23.1 Å². The molecule has 0 unspecified atom stereocenters. The first-order chi connectivity index (χ1) is 12.1. The molecule has 0 atom stereocenters. The van der Waals surface area contributed by atoms with Gasteiger partial charge in [-0.05, 0) is 43.5 Å². The monoisotopic (exact) mass is 369 g/mol. The Kier molecular flexibility index (Phi) is 5.40. The van der Waals surface area contributed by atoms with Gasteiger partial charge in [0.25, 0.3) is 5.91 Å². The number of aromatic nitrogens is 1. The molecule has 1 aromatic heterocycles. The standard InChI is InChI=1S/C19H19N3OS2/c1-13-17(18(23)21-14-8-7-11-16(12-14)24-3)25-19(20-13)22(2)15-9-5-4-6-10-15/h4-12H,1-3H3,(H,21,23). The summed E-state index contributed by atoms with van der Waals surface area (Å²) in [6.07, 6.45) is 2.01. The fourth-order valence-electron chi connectivity index (χ4n) is 2.39. The maximum absolute atomic E-state index is 12.6. The molecule has 1 N–H and O–H groups in total. The quantitative estimate of drug-likeness (QED) is 0.628. The SMILES string of the molecule is CSc1cccc(NC(=O)c2sc(N(C)c3ccccc3)nc2C)c1. The van der Waals surface area contributed by atoms with E-state index in [1.54, 1.807) is 11.8 Å². The van der Waals surface area contributed by atoms with Crippen LogP contribution in [0.3, 0.4) is 0 Å². The molecule has 1 heterocycles. The Morgan fingerprint density at radius 1 is 1.16 bits per heavy atom. The molecule has 6 heteroatoms. The number of amides is 1. The number of hydrogen-bond acceptors (Lipinski definition) is 5. The molecule has 0 saturated heterocycles. The maximum atomic E-state index is 12.6. The molecule has 0 aliphatic carbocycles. The van der Waals surface area contributed by atoms with E-state index in [1.165, 1.54) is 11.3 Å². The van der Waals surface area contributed by atoms with Crippen molar-refractivity contribution >= 4 is 45.5 Å². The van der Waals surface area contributed by atoms with Gasteiger partial charge < -0.3 is 10.2 Å². The number of hydrogen-bond donors (Lipinski definition) is 1. The molecule has 0 bridgehead atoms. The molecule has 25 heavy (non-hydrogen) atoms. The van der Waals surface area contributed by atoms with Gasteiger partial charge in [0, 0.05) is 23.3 Å². The second kappa shape index (κ2) is 7.72. The van der Waals surface area contributed by atoms with Crippen LogP contribution < -0.4 is 10.2 Å². The fourth-order valence-corrected chi connectivity index (χ4v) is 3.79. The Balaban J connectivity index is 1.81. The topological polar surface area (TPSA) is 45.2 Å². The average molecular weight is 370 g/mol. The van der Waals surface area contributed by atoms with Crippen molar-refractivity contribution in [3.63, 3.8) is 0 Å². The van der Waals surface area contributed by atoms with E-state index in [4.69, 9.17) is 0 Å². The van der Waals surface area contributed by atoms with Crippen molar-refractivity contribution < 1.29 is 4.79 Å². The zero-order valence-corrected chi connectivity index (χ0v) is 15.9. The van der Waals surface area contributed by atoms with Gasteiger partial charge in [0.2, 0.25) is 0 Å². The van der Waals surface area contributed by atoms with Crippen LogP contribution in [0.5, 0.6) is 0 Å². The van der Waals surface area contributed by atoms with Crippen molar-refractivity contribution in [3.8, 4) is 0 Å². The molecule has 0 spiro atoms. The largest absolute Gasteiger partial charge is 0.321 e. The lowest BCUT2D eigenvalue weighted by Crippen LogP contribution is -2.11. The summed E-state index contributed by atoms with van der Waals surface area (Å²) < 4.78 is 0. The molecule has 3 rings (SSSR count). The van der Waals surface area contributed by atoms with Gasteiger partial charge in [-0.25, -0.2) is 4.98 Å².